The van der Waals surface area contributed by atoms with Gasteiger partial charge in [0.15, 0.2) is 0 Å². The summed E-state index contributed by atoms with van der Waals surface area (Å²) in [5, 5.41) is 3.44. The van der Waals surface area contributed by atoms with E-state index in [-0.39, 0.29) is 0 Å². The van der Waals surface area contributed by atoms with Crippen LogP contribution in [0, 0.1) is 0 Å². The number of nitrogens with zero attached hydrogens (tertiary/aromatic N) is 2. The Morgan fingerprint density at radius 2 is 1.90 bits per heavy atom. The van der Waals surface area contributed by atoms with E-state index in [1.807, 2.05) is 11.0 Å². The molecular formula is C16H23N3O. The number of carbonyl (C=O) groups is 1. The largest absolute Gasteiger partial charge is 0.342 e. The van der Waals surface area contributed by atoms with Crippen molar-refractivity contribution in [2.24, 2.45) is 0 Å². The molecule has 0 aliphatic carbocycles. The molecule has 4 heteroatoms. The topological polar surface area (TPSA) is 35.6 Å². The fourth-order valence-electron chi connectivity index (χ4n) is 3.18. The first kappa shape index (κ1) is 13.6. The van der Waals surface area contributed by atoms with Crippen molar-refractivity contribution in [2.75, 3.05) is 39.3 Å². The zero-order valence-corrected chi connectivity index (χ0v) is 11.9. The van der Waals surface area contributed by atoms with E-state index in [4.69, 9.17) is 0 Å². The molecule has 2 heterocycles. The average molecular weight is 273 g/mol. The highest BCUT2D eigenvalue weighted by Crippen LogP contribution is 2.22. The molecule has 1 unspecified atom stereocenters. The molecular weight excluding hydrogens is 250 g/mol. The van der Waals surface area contributed by atoms with Crippen LogP contribution >= 0.6 is 0 Å². The molecule has 3 rings (SSSR count). The molecule has 0 aromatic heterocycles. The summed E-state index contributed by atoms with van der Waals surface area (Å²) in [5.41, 5.74) is 1.30. The Balaban J connectivity index is 1.67. The predicted molar refractivity (Wildman–Crippen MR) is 79.4 cm³/mol. The summed E-state index contributed by atoms with van der Waals surface area (Å²) in [6.45, 7) is 5.29. The monoisotopic (exact) mass is 273 g/mol. The van der Waals surface area contributed by atoms with E-state index in [1.165, 1.54) is 5.56 Å². The molecule has 2 aliphatic heterocycles. The van der Waals surface area contributed by atoms with Crippen LogP contribution in [0.5, 0.6) is 0 Å². The lowest BCUT2D eigenvalue weighted by molar-refractivity contribution is -0.132. The Kier molecular flexibility index (Phi) is 4.33. The second-order valence-electron chi connectivity index (χ2n) is 5.69. The molecule has 1 aromatic rings. The highest BCUT2D eigenvalue weighted by molar-refractivity contribution is 5.78. The lowest BCUT2D eigenvalue weighted by atomic mass is 10.0. The van der Waals surface area contributed by atoms with Crippen LogP contribution in [0.1, 0.15) is 24.4 Å². The molecule has 2 aliphatic rings. The van der Waals surface area contributed by atoms with Gasteiger partial charge >= 0.3 is 0 Å². The normalized spacial score (nSPS) is 24.0. The van der Waals surface area contributed by atoms with Gasteiger partial charge < -0.3 is 10.2 Å². The van der Waals surface area contributed by atoms with Crippen LogP contribution < -0.4 is 5.32 Å². The number of carbonyl (C=O) groups excluding carboxylic acids is 1. The number of benzene rings is 1. The Hall–Kier alpha value is -1.39. The number of nitrogens with one attached hydrogen (secondary N) is 1. The fraction of sp³-hybridized carbons (Fsp3) is 0.562. The van der Waals surface area contributed by atoms with Crippen molar-refractivity contribution in [3.05, 3.63) is 35.9 Å². The molecule has 1 amide bonds. The summed E-state index contributed by atoms with van der Waals surface area (Å²) in [7, 11) is 0. The summed E-state index contributed by atoms with van der Waals surface area (Å²) in [4.78, 5) is 16.7. The standard InChI is InChI=1S/C16H23N3O/c20-16(18-9-4-5-10-18)13-19-11-8-17-12-15(19)14-6-2-1-3-7-14/h1-3,6-7,15,17H,4-5,8-13H2. The molecule has 1 aromatic carbocycles. The number of likely N-dealkylation sites (tertiary alicyclic amines) is 1. The Bertz CT molecular complexity index is 442. The first-order valence-corrected chi connectivity index (χ1v) is 7.62. The lowest BCUT2D eigenvalue weighted by Crippen LogP contribution is -2.49. The third-order valence-corrected chi connectivity index (χ3v) is 4.34. The van der Waals surface area contributed by atoms with E-state index in [0.29, 0.717) is 18.5 Å². The van der Waals surface area contributed by atoms with E-state index in [1.54, 1.807) is 0 Å². The highest BCUT2D eigenvalue weighted by Gasteiger charge is 2.27. The average Bonchev–Trinajstić information content (AvgIpc) is 3.03. The van der Waals surface area contributed by atoms with Crippen LogP contribution in [0.3, 0.4) is 0 Å². The summed E-state index contributed by atoms with van der Waals surface area (Å²) < 4.78 is 0. The molecule has 2 saturated heterocycles. The van der Waals surface area contributed by atoms with Gasteiger partial charge in [-0.2, -0.15) is 0 Å². The molecule has 108 valence electrons. The zero-order chi connectivity index (χ0) is 13.8. The second kappa shape index (κ2) is 6.37. The van der Waals surface area contributed by atoms with E-state index >= 15 is 0 Å². The van der Waals surface area contributed by atoms with Crippen molar-refractivity contribution in [3.8, 4) is 0 Å². The van der Waals surface area contributed by atoms with Crippen LogP contribution in [-0.2, 0) is 4.79 Å². The first-order valence-electron chi connectivity index (χ1n) is 7.62. The minimum absolute atomic E-state index is 0.297. The maximum Gasteiger partial charge on any atom is 0.236 e. The van der Waals surface area contributed by atoms with Crippen LogP contribution in [0.15, 0.2) is 30.3 Å². The first-order chi connectivity index (χ1) is 9.84. The number of hydrogen-bond donors (Lipinski definition) is 1. The quantitative estimate of drug-likeness (QED) is 0.900. The molecule has 20 heavy (non-hydrogen) atoms. The Labute approximate surface area is 120 Å². The molecule has 2 fully saturated rings. The third kappa shape index (κ3) is 3.02. The van der Waals surface area contributed by atoms with Gasteiger partial charge in [-0.3, -0.25) is 9.69 Å². The summed E-state index contributed by atoms with van der Waals surface area (Å²) >= 11 is 0. The number of rotatable bonds is 3. The third-order valence-electron chi connectivity index (χ3n) is 4.34. The van der Waals surface area contributed by atoms with Gasteiger partial charge in [-0.25, -0.2) is 0 Å². The van der Waals surface area contributed by atoms with Crippen LogP contribution in [0.2, 0.25) is 0 Å². The SMILES string of the molecule is O=C(CN1CCNCC1c1ccccc1)N1CCCC1. The lowest BCUT2D eigenvalue weighted by Gasteiger charge is -2.36. The van der Waals surface area contributed by atoms with Gasteiger partial charge in [-0.05, 0) is 18.4 Å². The predicted octanol–water partition coefficient (Wildman–Crippen LogP) is 1.26. The number of amides is 1. The smallest absolute Gasteiger partial charge is 0.236 e. The Morgan fingerprint density at radius 3 is 2.65 bits per heavy atom. The van der Waals surface area contributed by atoms with Gasteiger partial charge in [0.1, 0.15) is 0 Å². The van der Waals surface area contributed by atoms with Gasteiger partial charge in [-0.1, -0.05) is 30.3 Å². The molecule has 4 nitrogen and oxygen atoms in total. The summed E-state index contributed by atoms with van der Waals surface area (Å²) in [5.74, 6) is 0.297. The fourth-order valence-corrected chi connectivity index (χ4v) is 3.18. The molecule has 0 radical (unpaired) electrons. The number of piperazine rings is 1. The van der Waals surface area contributed by atoms with Crippen molar-refractivity contribution in [1.29, 1.82) is 0 Å². The van der Waals surface area contributed by atoms with E-state index < -0.39 is 0 Å². The van der Waals surface area contributed by atoms with Gasteiger partial charge in [-0.15, -0.1) is 0 Å². The van der Waals surface area contributed by atoms with Crippen molar-refractivity contribution < 1.29 is 4.79 Å². The van der Waals surface area contributed by atoms with Crippen molar-refractivity contribution in [3.63, 3.8) is 0 Å². The van der Waals surface area contributed by atoms with Gasteiger partial charge in [0.2, 0.25) is 5.91 Å². The van der Waals surface area contributed by atoms with Gasteiger partial charge in [0, 0.05) is 38.8 Å². The van der Waals surface area contributed by atoms with Gasteiger partial charge in [0.05, 0.1) is 6.54 Å². The molecule has 0 spiro atoms. The summed E-state index contributed by atoms with van der Waals surface area (Å²) in [6.07, 6.45) is 2.32. The molecule has 0 saturated carbocycles. The molecule has 1 atom stereocenters. The van der Waals surface area contributed by atoms with Crippen LogP contribution in [0.4, 0.5) is 0 Å². The van der Waals surface area contributed by atoms with Gasteiger partial charge in [0.25, 0.3) is 0 Å². The molecule has 0 bridgehead atoms. The van der Waals surface area contributed by atoms with E-state index in [2.05, 4.69) is 34.5 Å². The molecule has 1 N–H and O–H groups in total. The Morgan fingerprint density at radius 1 is 1.15 bits per heavy atom. The minimum Gasteiger partial charge on any atom is -0.342 e. The minimum atomic E-state index is 0.297. The van der Waals surface area contributed by atoms with E-state index in [9.17, 15) is 4.79 Å². The zero-order valence-electron chi connectivity index (χ0n) is 11.9. The maximum atomic E-state index is 12.4. The van der Waals surface area contributed by atoms with Crippen molar-refractivity contribution >= 4 is 5.91 Å². The maximum absolute atomic E-state index is 12.4. The van der Waals surface area contributed by atoms with Crippen molar-refractivity contribution in [2.45, 2.75) is 18.9 Å². The highest BCUT2D eigenvalue weighted by atomic mass is 16.2. The van der Waals surface area contributed by atoms with Crippen LogP contribution in [-0.4, -0.2) is 55.0 Å². The van der Waals surface area contributed by atoms with Crippen molar-refractivity contribution in [1.82, 2.24) is 15.1 Å². The van der Waals surface area contributed by atoms with E-state index in [0.717, 1.165) is 45.6 Å². The summed E-state index contributed by atoms with van der Waals surface area (Å²) in [6, 6.07) is 10.8. The number of hydrogen-bond acceptors (Lipinski definition) is 3. The second-order valence-corrected chi connectivity index (χ2v) is 5.69. The van der Waals surface area contributed by atoms with Crippen LogP contribution in [0.25, 0.3) is 0 Å².